The number of rotatable bonds is 5. The zero-order valence-corrected chi connectivity index (χ0v) is 13.1. The molecule has 1 aromatic carbocycles. The molecule has 0 aliphatic rings. The molecular formula is C17H24N2O. The van der Waals surface area contributed by atoms with Crippen molar-refractivity contribution in [2.75, 3.05) is 6.61 Å². The highest BCUT2D eigenvalue weighted by Gasteiger charge is 2.07. The molecule has 0 saturated carbocycles. The molecule has 0 bridgehead atoms. The van der Waals surface area contributed by atoms with Gasteiger partial charge in [-0.1, -0.05) is 6.07 Å². The first-order valence-corrected chi connectivity index (χ1v) is 7.20. The number of hydrogen-bond donors (Lipinski definition) is 1. The molecule has 2 aromatic rings. The Balaban J connectivity index is 1.91. The van der Waals surface area contributed by atoms with E-state index in [1.54, 1.807) is 0 Å². The highest BCUT2D eigenvalue weighted by molar-refractivity contribution is 5.41. The van der Waals surface area contributed by atoms with E-state index in [-0.39, 0.29) is 0 Å². The van der Waals surface area contributed by atoms with Gasteiger partial charge in [-0.25, -0.2) is 0 Å². The van der Waals surface area contributed by atoms with E-state index in [0.29, 0.717) is 0 Å². The Morgan fingerprint density at radius 3 is 2.50 bits per heavy atom. The van der Waals surface area contributed by atoms with Crippen LogP contribution >= 0.6 is 0 Å². The fourth-order valence-electron chi connectivity index (χ4n) is 2.52. The molecule has 0 saturated heterocycles. The average Bonchev–Trinajstić information content (AvgIpc) is 2.71. The lowest BCUT2D eigenvalue weighted by atomic mass is 10.1. The molecule has 1 aromatic heterocycles. The van der Waals surface area contributed by atoms with Gasteiger partial charge in [-0.2, -0.15) is 5.10 Å². The van der Waals surface area contributed by atoms with Crippen LogP contribution in [-0.4, -0.2) is 16.8 Å². The van der Waals surface area contributed by atoms with Crippen LogP contribution in [0.15, 0.2) is 12.1 Å². The Labute approximate surface area is 121 Å². The first-order valence-electron chi connectivity index (χ1n) is 7.20. The Hall–Kier alpha value is -1.77. The van der Waals surface area contributed by atoms with E-state index in [0.717, 1.165) is 30.9 Å². The van der Waals surface area contributed by atoms with Crippen LogP contribution in [0.5, 0.6) is 5.75 Å². The molecule has 2 rings (SSSR count). The molecule has 20 heavy (non-hydrogen) atoms. The molecule has 0 aliphatic heterocycles. The minimum atomic E-state index is 0.744. The molecule has 3 nitrogen and oxygen atoms in total. The van der Waals surface area contributed by atoms with Crippen molar-refractivity contribution < 1.29 is 4.74 Å². The number of aromatic amines is 1. The van der Waals surface area contributed by atoms with Gasteiger partial charge in [0.25, 0.3) is 0 Å². The maximum absolute atomic E-state index is 5.95. The second kappa shape index (κ2) is 6.12. The van der Waals surface area contributed by atoms with Gasteiger partial charge >= 0.3 is 0 Å². The monoisotopic (exact) mass is 272 g/mol. The van der Waals surface area contributed by atoms with Gasteiger partial charge in [0.15, 0.2) is 0 Å². The van der Waals surface area contributed by atoms with Crippen molar-refractivity contribution in [2.24, 2.45) is 0 Å². The van der Waals surface area contributed by atoms with Crippen molar-refractivity contribution in [1.82, 2.24) is 10.2 Å². The van der Waals surface area contributed by atoms with Crippen molar-refractivity contribution in [3.8, 4) is 5.75 Å². The molecule has 0 radical (unpaired) electrons. The van der Waals surface area contributed by atoms with Crippen molar-refractivity contribution in [2.45, 2.75) is 47.5 Å². The summed E-state index contributed by atoms with van der Waals surface area (Å²) in [4.78, 5) is 0. The first-order chi connectivity index (χ1) is 9.49. The van der Waals surface area contributed by atoms with Gasteiger partial charge in [-0.15, -0.1) is 0 Å². The molecule has 0 amide bonds. The Kier molecular flexibility index (Phi) is 4.48. The third-order valence-corrected chi connectivity index (χ3v) is 3.87. The fourth-order valence-corrected chi connectivity index (χ4v) is 2.52. The van der Waals surface area contributed by atoms with Crippen molar-refractivity contribution in [3.05, 3.63) is 45.8 Å². The predicted octanol–water partition coefficient (Wildman–Crippen LogP) is 3.96. The fraction of sp³-hybridized carbons (Fsp3) is 0.471. The van der Waals surface area contributed by atoms with Crippen LogP contribution in [0.25, 0.3) is 0 Å². The van der Waals surface area contributed by atoms with Crippen LogP contribution in [0, 0.1) is 34.6 Å². The maximum atomic E-state index is 5.95. The van der Waals surface area contributed by atoms with Crippen LogP contribution in [0.1, 0.15) is 40.1 Å². The van der Waals surface area contributed by atoms with Crippen LogP contribution < -0.4 is 4.74 Å². The van der Waals surface area contributed by atoms with Crippen LogP contribution in [0.2, 0.25) is 0 Å². The molecule has 0 spiro atoms. The summed E-state index contributed by atoms with van der Waals surface area (Å²) in [6, 6.07) is 4.32. The molecule has 3 heteroatoms. The van der Waals surface area contributed by atoms with E-state index in [4.69, 9.17) is 4.74 Å². The van der Waals surface area contributed by atoms with E-state index >= 15 is 0 Å². The standard InChI is InChI=1S/C17H24N2O/c1-11-9-12(2)13(3)17(10-11)20-8-6-7-16-14(4)18-19-15(16)5/h9-10H,6-8H2,1-5H3,(H,18,19). The summed E-state index contributed by atoms with van der Waals surface area (Å²) in [5, 5.41) is 7.25. The summed E-state index contributed by atoms with van der Waals surface area (Å²) in [6.45, 7) is 11.2. The van der Waals surface area contributed by atoms with E-state index in [2.05, 4.69) is 50.0 Å². The average molecular weight is 272 g/mol. The predicted molar refractivity (Wildman–Crippen MR) is 82.5 cm³/mol. The smallest absolute Gasteiger partial charge is 0.122 e. The van der Waals surface area contributed by atoms with Gasteiger partial charge in [-0.05, 0) is 75.8 Å². The van der Waals surface area contributed by atoms with Crippen LogP contribution in [0.4, 0.5) is 0 Å². The number of aromatic nitrogens is 2. The zero-order valence-electron chi connectivity index (χ0n) is 13.1. The minimum absolute atomic E-state index is 0.744. The third kappa shape index (κ3) is 3.21. The summed E-state index contributed by atoms with van der Waals surface area (Å²) in [7, 11) is 0. The summed E-state index contributed by atoms with van der Waals surface area (Å²) >= 11 is 0. The van der Waals surface area contributed by atoms with Gasteiger partial charge in [0.1, 0.15) is 5.75 Å². The normalized spacial score (nSPS) is 10.8. The van der Waals surface area contributed by atoms with Gasteiger partial charge in [0.2, 0.25) is 0 Å². The Morgan fingerprint density at radius 1 is 1.10 bits per heavy atom. The number of hydrogen-bond acceptors (Lipinski definition) is 2. The lowest BCUT2D eigenvalue weighted by molar-refractivity contribution is 0.308. The number of nitrogens with zero attached hydrogens (tertiary/aromatic N) is 1. The molecule has 0 fully saturated rings. The molecule has 108 valence electrons. The number of benzene rings is 1. The molecule has 1 N–H and O–H groups in total. The minimum Gasteiger partial charge on any atom is -0.493 e. The summed E-state index contributed by atoms with van der Waals surface area (Å²) in [6.07, 6.45) is 2.02. The Morgan fingerprint density at radius 2 is 1.85 bits per heavy atom. The number of aryl methyl sites for hydroxylation is 4. The van der Waals surface area contributed by atoms with Crippen molar-refractivity contribution in [3.63, 3.8) is 0 Å². The van der Waals surface area contributed by atoms with E-state index < -0.39 is 0 Å². The quantitative estimate of drug-likeness (QED) is 0.836. The van der Waals surface area contributed by atoms with Crippen molar-refractivity contribution >= 4 is 0 Å². The van der Waals surface area contributed by atoms with Crippen LogP contribution in [0.3, 0.4) is 0 Å². The number of ether oxygens (including phenoxy) is 1. The highest BCUT2D eigenvalue weighted by atomic mass is 16.5. The van der Waals surface area contributed by atoms with Gasteiger partial charge in [0.05, 0.1) is 12.3 Å². The molecule has 0 atom stereocenters. The molecular weight excluding hydrogens is 248 g/mol. The third-order valence-electron chi connectivity index (χ3n) is 3.87. The van der Waals surface area contributed by atoms with E-state index in [1.807, 2.05) is 6.92 Å². The first kappa shape index (κ1) is 14.6. The highest BCUT2D eigenvalue weighted by Crippen LogP contribution is 2.23. The molecule has 0 unspecified atom stereocenters. The maximum Gasteiger partial charge on any atom is 0.122 e. The van der Waals surface area contributed by atoms with Crippen molar-refractivity contribution in [1.29, 1.82) is 0 Å². The van der Waals surface area contributed by atoms with Crippen LogP contribution in [-0.2, 0) is 6.42 Å². The Bertz CT molecular complexity index is 580. The van der Waals surface area contributed by atoms with E-state index in [1.165, 1.54) is 27.9 Å². The lowest BCUT2D eigenvalue weighted by Gasteiger charge is -2.12. The second-order valence-electron chi connectivity index (χ2n) is 5.57. The van der Waals surface area contributed by atoms with Gasteiger partial charge in [-0.3, -0.25) is 5.10 Å². The molecule has 1 heterocycles. The zero-order chi connectivity index (χ0) is 14.7. The lowest BCUT2D eigenvalue weighted by Crippen LogP contribution is -2.02. The van der Waals surface area contributed by atoms with E-state index in [9.17, 15) is 0 Å². The summed E-state index contributed by atoms with van der Waals surface area (Å²) in [5.41, 5.74) is 7.39. The second-order valence-corrected chi connectivity index (χ2v) is 5.57. The SMILES string of the molecule is Cc1cc(C)c(C)c(OCCCc2c(C)n[nH]c2C)c1. The van der Waals surface area contributed by atoms with Gasteiger partial charge < -0.3 is 4.74 Å². The molecule has 0 aliphatic carbocycles. The summed E-state index contributed by atoms with van der Waals surface area (Å²) < 4.78 is 5.95. The number of nitrogens with one attached hydrogen (secondary N) is 1. The number of H-pyrrole nitrogens is 1. The van der Waals surface area contributed by atoms with Gasteiger partial charge in [0, 0.05) is 5.69 Å². The largest absolute Gasteiger partial charge is 0.493 e. The summed E-state index contributed by atoms with van der Waals surface area (Å²) in [5.74, 6) is 1.02. The topological polar surface area (TPSA) is 37.9 Å².